The predicted molar refractivity (Wildman–Crippen MR) is 112 cm³/mol. The molecule has 0 atom stereocenters. The van der Waals surface area contributed by atoms with E-state index in [9.17, 15) is 22.8 Å². The molecule has 0 aliphatic carbocycles. The number of rotatable bonds is 6. The van der Waals surface area contributed by atoms with Gasteiger partial charge in [0, 0.05) is 16.8 Å². The van der Waals surface area contributed by atoms with Crippen molar-refractivity contribution in [1.82, 2.24) is 9.78 Å². The third-order valence-corrected chi connectivity index (χ3v) is 5.29. The van der Waals surface area contributed by atoms with Crippen LogP contribution in [0.2, 0.25) is 0 Å². The number of nitrogens with zero attached hydrogens (tertiary/aromatic N) is 2. The van der Waals surface area contributed by atoms with E-state index in [1.807, 2.05) is 13.8 Å². The molecule has 3 rings (SSSR count). The van der Waals surface area contributed by atoms with Crippen LogP contribution in [0.5, 0.6) is 0 Å². The maximum absolute atomic E-state index is 13.0. The highest BCUT2D eigenvalue weighted by atomic mass is 32.2. The number of alkyl halides is 3. The van der Waals surface area contributed by atoms with Crippen molar-refractivity contribution in [2.24, 2.45) is 5.92 Å². The van der Waals surface area contributed by atoms with E-state index in [2.05, 4.69) is 10.4 Å². The molecule has 0 bridgehead atoms. The highest BCUT2D eigenvalue weighted by Gasteiger charge is 2.28. The summed E-state index contributed by atoms with van der Waals surface area (Å²) >= 11 is 0.593. The van der Waals surface area contributed by atoms with Gasteiger partial charge in [0.15, 0.2) is 5.69 Å². The Morgan fingerprint density at radius 3 is 2.40 bits per heavy atom. The number of hydrogen-bond acceptors (Lipinski definition) is 4. The van der Waals surface area contributed by atoms with Crippen LogP contribution in [-0.4, -0.2) is 27.6 Å². The molecule has 1 aromatic heterocycles. The predicted octanol–water partition coefficient (Wildman–Crippen LogP) is 4.96. The van der Waals surface area contributed by atoms with Crippen LogP contribution >= 0.6 is 11.8 Å². The molecule has 0 fully saturated rings. The lowest BCUT2D eigenvalue weighted by Crippen LogP contribution is -2.29. The molecule has 0 saturated heterocycles. The Hall–Kier alpha value is -2.81. The van der Waals surface area contributed by atoms with E-state index in [4.69, 9.17) is 0 Å². The lowest BCUT2D eigenvalue weighted by atomic mass is 10.1. The zero-order valence-electron chi connectivity index (χ0n) is 16.4. The van der Waals surface area contributed by atoms with Gasteiger partial charge in [0.25, 0.3) is 11.5 Å². The number of para-hydroxylation sites is 1. The fourth-order valence-corrected chi connectivity index (χ4v) is 3.68. The van der Waals surface area contributed by atoms with Crippen LogP contribution < -0.4 is 10.9 Å². The van der Waals surface area contributed by atoms with Crippen molar-refractivity contribution in [2.45, 2.75) is 31.5 Å². The van der Waals surface area contributed by atoms with Crippen LogP contribution in [-0.2, 0) is 6.54 Å². The summed E-state index contributed by atoms with van der Waals surface area (Å²) in [5, 5.41) is 7.66. The van der Waals surface area contributed by atoms with E-state index in [0.29, 0.717) is 34.0 Å². The summed E-state index contributed by atoms with van der Waals surface area (Å²) in [6.07, 6.45) is -4.33. The fraction of sp³-hybridized carbons (Fsp3) is 0.286. The zero-order valence-corrected chi connectivity index (χ0v) is 17.2. The standard InChI is InChI=1S/C21H20F3N3O2S/c1-13(2)11-27-20(29)15-8-4-3-7-14(15)18(26-27)19(28)25-16-9-5-6-10-17(16)30-12-21(22,23)24/h3-10,13H,11-12H2,1-2H3,(H,25,28). The largest absolute Gasteiger partial charge is 0.398 e. The molecule has 3 aromatic rings. The van der Waals surface area contributed by atoms with Gasteiger partial charge in [0.1, 0.15) is 0 Å². The Morgan fingerprint density at radius 2 is 1.73 bits per heavy atom. The summed E-state index contributed by atoms with van der Waals surface area (Å²) < 4.78 is 39.1. The molecule has 30 heavy (non-hydrogen) atoms. The van der Waals surface area contributed by atoms with Crippen molar-refractivity contribution in [1.29, 1.82) is 0 Å². The lowest BCUT2D eigenvalue weighted by molar-refractivity contribution is -0.105. The van der Waals surface area contributed by atoms with Gasteiger partial charge >= 0.3 is 6.18 Å². The van der Waals surface area contributed by atoms with Gasteiger partial charge in [-0.25, -0.2) is 4.68 Å². The molecule has 0 radical (unpaired) electrons. The number of amides is 1. The Bertz CT molecular complexity index is 1130. The Morgan fingerprint density at radius 1 is 1.10 bits per heavy atom. The van der Waals surface area contributed by atoms with Crippen molar-refractivity contribution in [3.8, 4) is 0 Å². The second-order valence-corrected chi connectivity index (χ2v) is 8.15. The fourth-order valence-electron chi connectivity index (χ4n) is 2.91. The van der Waals surface area contributed by atoms with Crippen molar-refractivity contribution in [3.05, 3.63) is 64.6 Å². The number of fused-ring (bicyclic) bond motifs is 1. The summed E-state index contributed by atoms with van der Waals surface area (Å²) in [4.78, 5) is 26.0. The van der Waals surface area contributed by atoms with Gasteiger partial charge < -0.3 is 5.32 Å². The summed E-state index contributed by atoms with van der Waals surface area (Å²) in [6.45, 7) is 4.19. The molecule has 1 N–H and O–H groups in total. The highest BCUT2D eigenvalue weighted by Crippen LogP contribution is 2.32. The zero-order chi connectivity index (χ0) is 21.9. The minimum atomic E-state index is -4.33. The topological polar surface area (TPSA) is 64.0 Å². The van der Waals surface area contributed by atoms with Gasteiger partial charge in [-0.05, 0) is 24.1 Å². The molecular formula is C21H20F3N3O2S. The summed E-state index contributed by atoms with van der Waals surface area (Å²) in [5.41, 5.74) is 0.00250. The van der Waals surface area contributed by atoms with E-state index >= 15 is 0 Å². The molecule has 1 heterocycles. The SMILES string of the molecule is CC(C)Cn1nc(C(=O)Nc2ccccc2SCC(F)(F)F)c2ccccc2c1=O. The number of hydrogen-bond donors (Lipinski definition) is 1. The Labute approximate surface area is 175 Å². The monoisotopic (exact) mass is 435 g/mol. The Kier molecular flexibility index (Phi) is 6.50. The van der Waals surface area contributed by atoms with Crippen LogP contribution in [0.15, 0.2) is 58.2 Å². The smallest absolute Gasteiger partial charge is 0.320 e. The quantitative estimate of drug-likeness (QED) is 0.556. The molecule has 0 spiro atoms. The Balaban J connectivity index is 1.98. The lowest BCUT2D eigenvalue weighted by Gasteiger charge is -2.14. The molecule has 9 heteroatoms. The third kappa shape index (κ3) is 5.21. The summed E-state index contributed by atoms with van der Waals surface area (Å²) in [5.74, 6) is -1.53. The second kappa shape index (κ2) is 8.91. The van der Waals surface area contributed by atoms with Gasteiger partial charge in [0.05, 0.1) is 16.8 Å². The normalized spacial score (nSPS) is 11.8. The van der Waals surface area contributed by atoms with Crippen LogP contribution in [0.4, 0.5) is 18.9 Å². The molecular weight excluding hydrogens is 415 g/mol. The first-order valence-electron chi connectivity index (χ1n) is 9.25. The number of halogens is 3. The van der Waals surface area contributed by atoms with Gasteiger partial charge in [0.2, 0.25) is 0 Å². The van der Waals surface area contributed by atoms with E-state index < -0.39 is 17.8 Å². The third-order valence-electron chi connectivity index (χ3n) is 4.15. The first-order chi connectivity index (χ1) is 14.2. The van der Waals surface area contributed by atoms with Crippen LogP contribution in [0.3, 0.4) is 0 Å². The van der Waals surface area contributed by atoms with Crippen LogP contribution in [0.25, 0.3) is 10.8 Å². The number of thioether (sulfide) groups is 1. The molecule has 2 aromatic carbocycles. The maximum Gasteiger partial charge on any atom is 0.398 e. The molecule has 5 nitrogen and oxygen atoms in total. The van der Waals surface area contributed by atoms with E-state index in [0.717, 1.165) is 0 Å². The summed E-state index contributed by atoms with van der Waals surface area (Å²) in [6, 6.07) is 12.9. The number of carbonyl (C=O) groups excluding carboxylic acids is 1. The molecule has 158 valence electrons. The van der Waals surface area contributed by atoms with E-state index in [1.165, 1.54) is 16.8 Å². The molecule has 0 saturated carbocycles. The number of carbonyl (C=O) groups is 1. The number of anilines is 1. The first-order valence-corrected chi connectivity index (χ1v) is 10.2. The molecule has 1 amide bonds. The van der Waals surface area contributed by atoms with Gasteiger partial charge in [-0.3, -0.25) is 9.59 Å². The first kappa shape index (κ1) is 21.9. The number of benzene rings is 2. The second-order valence-electron chi connectivity index (χ2n) is 7.13. The molecule has 0 aliphatic rings. The molecule has 0 aliphatic heterocycles. The number of nitrogens with one attached hydrogen (secondary N) is 1. The van der Waals surface area contributed by atoms with Crippen molar-refractivity contribution < 1.29 is 18.0 Å². The van der Waals surface area contributed by atoms with E-state index in [1.54, 1.807) is 36.4 Å². The minimum Gasteiger partial charge on any atom is -0.320 e. The van der Waals surface area contributed by atoms with E-state index in [-0.39, 0.29) is 22.9 Å². The van der Waals surface area contributed by atoms with Gasteiger partial charge in [-0.15, -0.1) is 11.8 Å². The van der Waals surface area contributed by atoms with Crippen molar-refractivity contribution in [3.63, 3.8) is 0 Å². The minimum absolute atomic E-state index is 0.0430. The average Bonchev–Trinajstić information content (AvgIpc) is 2.68. The van der Waals surface area contributed by atoms with Crippen molar-refractivity contribution in [2.75, 3.05) is 11.1 Å². The van der Waals surface area contributed by atoms with Gasteiger partial charge in [-0.1, -0.05) is 44.2 Å². The van der Waals surface area contributed by atoms with Gasteiger partial charge in [-0.2, -0.15) is 18.3 Å². The number of aromatic nitrogens is 2. The van der Waals surface area contributed by atoms with Crippen molar-refractivity contribution >= 4 is 34.1 Å². The average molecular weight is 435 g/mol. The summed E-state index contributed by atoms with van der Waals surface area (Å²) in [7, 11) is 0. The highest BCUT2D eigenvalue weighted by molar-refractivity contribution is 7.99. The van der Waals surface area contributed by atoms with Crippen LogP contribution in [0, 0.1) is 5.92 Å². The maximum atomic E-state index is 13.0. The van der Waals surface area contributed by atoms with Crippen LogP contribution in [0.1, 0.15) is 24.3 Å². The molecule has 0 unspecified atom stereocenters.